The minimum absolute atomic E-state index is 0.172. The lowest BCUT2D eigenvalue weighted by molar-refractivity contribution is -0.183. The summed E-state index contributed by atoms with van der Waals surface area (Å²) in [6, 6.07) is 3.53. The van der Waals surface area contributed by atoms with E-state index in [9.17, 15) is 18.0 Å². The van der Waals surface area contributed by atoms with E-state index in [1.54, 1.807) is 16.6 Å². The van der Waals surface area contributed by atoms with E-state index in [1.807, 2.05) is 6.20 Å². The number of rotatable bonds is 5. The lowest BCUT2D eigenvalue weighted by Gasteiger charge is -2.45. The number of nitrogens with one attached hydrogen (secondary N) is 1. The van der Waals surface area contributed by atoms with Crippen LogP contribution in [-0.4, -0.2) is 38.8 Å². The number of hydrogen-bond donors (Lipinski definition) is 2. The molecule has 0 bridgehead atoms. The lowest BCUT2D eigenvalue weighted by atomic mass is 9.65. The fourth-order valence-corrected chi connectivity index (χ4v) is 5.14. The van der Waals surface area contributed by atoms with Gasteiger partial charge < -0.3 is 11.1 Å². The van der Waals surface area contributed by atoms with Gasteiger partial charge in [0.1, 0.15) is 0 Å². The Balaban J connectivity index is 1.26. The highest BCUT2D eigenvalue weighted by molar-refractivity contribution is 5.79. The van der Waals surface area contributed by atoms with Gasteiger partial charge in [-0.3, -0.25) is 4.79 Å². The van der Waals surface area contributed by atoms with Crippen molar-refractivity contribution in [3.8, 4) is 0 Å². The molecule has 9 heteroatoms. The zero-order valence-electron chi connectivity index (χ0n) is 16.7. The molecule has 30 heavy (non-hydrogen) atoms. The molecule has 3 heterocycles. The first-order valence-corrected chi connectivity index (χ1v) is 10.7. The average Bonchev–Trinajstić information content (AvgIpc) is 3.40. The van der Waals surface area contributed by atoms with Crippen LogP contribution >= 0.6 is 0 Å². The van der Waals surface area contributed by atoms with Gasteiger partial charge in [-0.25, -0.2) is 9.50 Å². The molecule has 0 radical (unpaired) electrons. The number of carbonyl (C=O) groups excluding carboxylic acids is 1. The van der Waals surface area contributed by atoms with Crippen LogP contribution < -0.4 is 11.1 Å². The first kappa shape index (κ1) is 19.8. The molecule has 2 saturated carbocycles. The van der Waals surface area contributed by atoms with Crippen molar-refractivity contribution in [3.05, 3.63) is 29.7 Å². The monoisotopic (exact) mass is 421 g/mol. The largest absolute Gasteiger partial charge is 0.393 e. The standard InChI is InChI=1S/C21H26F3N5O/c22-21(23,24)15-5-13(19(30)26-10-15)6-16-3-4-18-27-17(11-29(18)28-16)9-20(25)7-14(8-20)12-1-2-12/h3-4,11-15H,1-2,5-10,25H2,(H,26,30)/t13-,14?,15-,20?/m1/s1. The van der Waals surface area contributed by atoms with E-state index in [0.717, 1.165) is 30.4 Å². The zero-order valence-corrected chi connectivity index (χ0v) is 16.7. The van der Waals surface area contributed by atoms with Gasteiger partial charge in [0.2, 0.25) is 5.91 Å². The Bertz CT molecular complexity index is 961. The third-order valence-electron chi connectivity index (χ3n) is 6.97. The summed E-state index contributed by atoms with van der Waals surface area (Å²) >= 11 is 0. The van der Waals surface area contributed by atoms with E-state index in [1.165, 1.54) is 12.8 Å². The Labute approximate surface area is 172 Å². The summed E-state index contributed by atoms with van der Waals surface area (Å²) in [5, 5.41) is 6.88. The van der Waals surface area contributed by atoms with Crippen molar-refractivity contribution in [2.75, 3.05) is 6.54 Å². The van der Waals surface area contributed by atoms with Gasteiger partial charge >= 0.3 is 6.18 Å². The molecular formula is C21H26F3N5O. The molecule has 3 fully saturated rings. The summed E-state index contributed by atoms with van der Waals surface area (Å²) in [5.41, 5.74) is 8.46. The van der Waals surface area contributed by atoms with Gasteiger partial charge in [-0.15, -0.1) is 0 Å². The Morgan fingerprint density at radius 3 is 2.67 bits per heavy atom. The van der Waals surface area contributed by atoms with Crippen molar-refractivity contribution in [3.63, 3.8) is 0 Å². The number of piperidine rings is 1. The molecule has 2 aromatic heterocycles. The minimum atomic E-state index is -4.30. The van der Waals surface area contributed by atoms with E-state index >= 15 is 0 Å². The third kappa shape index (κ3) is 3.91. The van der Waals surface area contributed by atoms with Crippen LogP contribution in [0.15, 0.2) is 18.3 Å². The first-order chi connectivity index (χ1) is 14.2. The van der Waals surface area contributed by atoms with Gasteiger partial charge in [0.15, 0.2) is 5.65 Å². The molecule has 5 rings (SSSR count). The van der Waals surface area contributed by atoms with Crippen LogP contribution in [0.2, 0.25) is 0 Å². The maximum absolute atomic E-state index is 13.0. The molecule has 3 N–H and O–H groups in total. The predicted octanol–water partition coefficient (Wildman–Crippen LogP) is 2.65. The van der Waals surface area contributed by atoms with Crippen molar-refractivity contribution >= 4 is 11.6 Å². The number of carbonyl (C=O) groups is 1. The second-order valence-electron chi connectivity index (χ2n) is 9.53. The van der Waals surface area contributed by atoms with E-state index in [2.05, 4.69) is 15.4 Å². The van der Waals surface area contributed by atoms with E-state index in [4.69, 9.17) is 5.73 Å². The van der Waals surface area contributed by atoms with E-state index in [0.29, 0.717) is 17.8 Å². The van der Waals surface area contributed by atoms with Crippen molar-refractivity contribution in [1.82, 2.24) is 19.9 Å². The van der Waals surface area contributed by atoms with Gasteiger partial charge in [0.25, 0.3) is 0 Å². The Kier molecular flexibility index (Phi) is 4.57. The van der Waals surface area contributed by atoms with Crippen LogP contribution in [0.25, 0.3) is 5.65 Å². The first-order valence-electron chi connectivity index (χ1n) is 10.7. The van der Waals surface area contributed by atoms with Crippen LogP contribution in [0.5, 0.6) is 0 Å². The Morgan fingerprint density at radius 2 is 1.97 bits per heavy atom. The normalized spacial score (nSPS) is 32.1. The Morgan fingerprint density at radius 1 is 1.20 bits per heavy atom. The summed E-state index contributed by atoms with van der Waals surface area (Å²) in [6.07, 6.45) is 2.97. The number of halogens is 3. The second-order valence-corrected chi connectivity index (χ2v) is 9.53. The van der Waals surface area contributed by atoms with Crippen molar-refractivity contribution < 1.29 is 18.0 Å². The number of fused-ring (bicyclic) bond motifs is 1. The number of imidazole rings is 1. The van der Waals surface area contributed by atoms with Gasteiger partial charge in [0.05, 0.1) is 23.5 Å². The molecule has 0 spiro atoms. The fraction of sp³-hybridized carbons (Fsp3) is 0.667. The maximum atomic E-state index is 13.0. The number of nitrogens with two attached hydrogens (primary N) is 1. The molecule has 1 aliphatic heterocycles. The van der Waals surface area contributed by atoms with Crippen LogP contribution in [0.1, 0.15) is 43.5 Å². The van der Waals surface area contributed by atoms with E-state index in [-0.39, 0.29) is 30.8 Å². The molecule has 2 aliphatic carbocycles. The molecular weight excluding hydrogens is 395 g/mol. The smallest absolute Gasteiger partial charge is 0.355 e. The highest BCUT2D eigenvalue weighted by Gasteiger charge is 2.48. The number of amides is 1. The SMILES string of the molecule is NC1(Cc2cn3nc(C[C@H]4C[C@@H](C(F)(F)F)CNC4=O)ccc3n2)CC(C2CC2)C1. The number of nitrogens with zero attached hydrogens (tertiary/aromatic N) is 3. The fourth-order valence-electron chi connectivity index (χ4n) is 5.14. The molecule has 2 atom stereocenters. The molecule has 6 nitrogen and oxygen atoms in total. The van der Waals surface area contributed by atoms with Crippen molar-refractivity contribution in [1.29, 1.82) is 0 Å². The molecule has 0 unspecified atom stereocenters. The Hall–Kier alpha value is -2.16. The quantitative estimate of drug-likeness (QED) is 0.777. The minimum Gasteiger partial charge on any atom is -0.355 e. The topological polar surface area (TPSA) is 85.3 Å². The highest BCUT2D eigenvalue weighted by Crippen LogP contribution is 2.51. The molecule has 1 saturated heterocycles. The molecule has 1 amide bonds. The van der Waals surface area contributed by atoms with Crippen molar-refractivity contribution in [2.24, 2.45) is 29.4 Å². The average molecular weight is 421 g/mol. The second kappa shape index (κ2) is 6.93. The maximum Gasteiger partial charge on any atom is 0.393 e. The van der Waals surface area contributed by atoms with Gasteiger partial charge in [-0.05, 0) is 56.1 Å². The molecule has 2 aromatic rings. The molecule has 0 aromatic carbocycles. The highest BCUT2D eigenvalue weighted by atomic mass is 19.4. The molecule has 3 aliphatic rings. The van der Waals surface area contributed by atoms with Crippen molar-refractivity contribution in [2.45, 2.75) is 56.7 Å². The van der Waals surface area contributed by atoms with Crippen LogP contribution in [0.3, 0.4) is 0 Å². The van der Waals surface area contributed by atoms with E-state index < -0.39 is 18.0 Å². The number of hydrogen-bond acceptors (Lipinski definition) is 4. The predicted molar refractivity (Wildman–Crippen MR) is 103 cm³/mol. The van der Waals surface area contributed by atoms with Crippen LogP contribution in [0.4, 0.5) is 13.2 Å². The van der Waals surface area contributed by atoms with Gasteiger partial charge in [-0.1, -0.05) is 0 Å². The van der Waals surface area contributed by atoms with Crippen LogP contribution in [0, 0.1) is 23.7 Å². The molecule has 162 valence electrons. The third-order valence-corrected chi connectivity index (χ3v) is 6.97. The van der Waals surface area contributed by atoms with Crippen LogP contribution in [-0.2, 0) is 17.6 Å². The lowest BCUT2D eigenvalue weighted by Crippen LogP contribution is -2.54. The number of aromatic nitrogens is 3. The summed E-state index contributed by atoms with van der Waals surface area (Å²) < 4.78 is 40.8. The summed E-state index contributed by atoms with van der Waals surface area (Å²) in [6.45, 7) is -0.349. The zero-order chi connectivity index (χ0) is 21.1. The number of alkyl halides is 3. The van der Waals surface area contributed by atoms with Gasteiger partial charge in [0, 0.05) is 30.8 Å². The van der Waals surface area contributed by atoms with Gasteiger partial charge in [-0.2, -0.15) is 18.3 Å². The summed E-state index contributed by atoms with van der Waals surface area (Å²) in [4.78, 5) is 16.7. The summed E-state index contributed by atoms with van der Waals surface area (Å²) in [7, 11) is 0. The summed E-state index contributed by atoms with van der Waals surface area (Å²) in [5.74, 6) is -0.949.